The van der Waals surface area contributed by atoms with E-state index in [9.17, 15) is 9.59 Å². The fourth-order valence-electron chi connectivity index (χ4n) is 3.87. The van der Waals surface area contributed by atoms with Gasteiger partial charge in [-0.05, 0) is 43.4 Å². The normalized spacial score (nSPS) is 13.3. The van der Waals surface area contributed by atoms with Crippen LogP contribution in [0.4, 0.5) is 0 Å². The molecule has 1 aliphatic carbocycles. The minimum Gasteiger partial charge on any atom is -0.459 e. The van der Waals surface area contributed by atoms with Crippen molar-refractivity contribution in [3.8, 4) is 10.6 Å². The lowest BCUT2D eigenvalue weighted by Crippen LogP contribution is -2.14. The molecule has 0 amide bonds. The van der Waals surface area contributed by atoms with Gasteiger partial charge in [0, 0.05) is 27.3 Å². The molecule has 164 valence electrons. The maximum absolute atomic E-state index is 12.6. The van der Waals surface area contributed by atoms with E-state index >= 15 is 0 Å². The Morgan fingerprint density at radius 1 is 1.16 bits per heavy atom. The number of fused-ring (bicyclic) bond motifs is 3. The lowest BCUT2D eigenvalue weighted by Gasteiger charge is -2.09. The molecule has 0 saturated heterocycles. The van der Waals surface area contributed by atoms with Crippen LogP contribution < -0.4 is 5.56 Å². The molecule has 0 spiro atoms. The van der Waals surface area contributed by atoms with E-state index in [4.69, 9.17) is 16.3 Å². The lowest BCUT2D eigenvalue weighted by molar-refractivity contribution is -0.145. The number of thiazole rings is 1. The van der Waals surface area contributed by atoms with Crippen LogP contribution in [0.25, 0.3) is 20.8 Å². The quantitative estimate of drug-likeness (QED) is 0.374. The van der Waals surface area contributed by atoms with Crippen LogP contribution in [0.5, 0.6) is 0 Å². The molecule has 3 aromatic heterocycles. The third kappa shape index (κ3) is 4.48. The van der Waals surface area contributed by atoms with Crippen molar-refractivity contribution in [3.05, 3.63) is 67.0 Å². The zero-order valence-electron chi connectivity index (χ0n) is 17.2. The molecule has 1 aromatic carbocycles. The highest BCUT2D eigenvalue weighted by Crippen LogP contribution is 2.33. The second-order valence-corrected chi connectivity index (χ2v) is 10.1. The second kappa shape index (κ2) is 9.13. The van der Waals surface area contributed by atoms with Crippen LogP contribution in [0.15, 0.2) is 34.4 Å². The highest BCUT2D eigenvalue weighted by atomic mass is 35.5. The lowest BCUT2D eigenvalue weighted by atomic mass is 9.97. The van der Waals surface area contributed by atoms with Crippen molar-refractivity contribution in [1.82, 2.24) is 15.0 Å². The van der Waals surface area contributed by atoms with Gasteiger partial charge in [-0.2, -0.15) is 0 Å². The Morgan fingerprint density at radius 2 is 1.97 bits per heavy atom. The second-order valence-electron chi connectivity index (χ2n) is 7.72. The van der Waals surface area contributed by atoms with Crippen LogP contribution >= 0.6 is 34.3 Å². The Bertz CT molecular complexity index is 1340. The minimum absolute atomic E-state index is 0.102. The Hall–Kier alpha value is -2.55. The molecule has 0 aliphatic heterocycles. The smallest absolute Gasteiger partial charge is 0.306 e. The highest BCUT2D eigenvalue weighted by molar-refractivity contribution is 7.18. The molecule has 6 nitrogen and oxygen atoms in total. The maximum atomic E-state index is 12.6. The zero-order chi connectivity index (χ0) is 22.1. The molecule has 1 N–H and O–H groups in total. The number of aryl methyl sites for hydroxylation is 3. The van der Waals surface area contributed by atoms with Gasteiger partial charge in [-0.3, -0.25) is 9.59 Å². The number of hydrogen-bond acceptors (Lipinski definition) is 7. The van der Waals surface area contributed by atoms with Crippen molar-refractivity contribution in [1.29, 1.82) is 0 Å². The number of carbonyl (C=O) groups excluding carboxylic acids is 1. The molecule has 0 radical (unpaired) electrons. The first kappa shape index (κ1) is 21.3. The molecule has 9 heteroatoms. The van der Waals surface area contributed by atoms with Gasteiger partial charge in [0.05, 0.1) is 17.5 Å². The van der Waals surface area contributed by atoms with Gasteiger partial charge in [0.2, 0.25) is 0 Å². The third-order valence-electron chi connectivity index (χ3n) is 5.46. The summed E-state index contributed by atoms with van der Waals surface area (Å²) in [5.41, 5.74) is 2.73. The summed E-state index contributed by atoms with van der Waals surface area (Å²) < 4.78 is 5.37. The number of halogens is 1. The first-order valence-corrected chi connectivity index (χ1v) is 12.5. The van der Waals surface area contributed by atoms with E-state index in [0.717, 1.165) is 52.0 Å². The molecular formula is C23H20ClN3O3S2. The van der Waals surface area contributed by atoms with Crippen molar-refractivity contribution in [2.45, 2.75) is 45.1 Å². The monoisotopic (exact) mass is 485 g/mol. The van der Waals surface area contributed by atoms with E-state index in [1.807, 2.05) is 29.6 Å². The topological polar surface area (TPSA) is 84.9 Å². The summed E-state index contributed by atoms with van der Waals surface area (Å²) in [5.74, 6) is 0.177. The number of rotatable bonds is 6. The van der Waals surface area contributed by atoms with Gasteiger partial charge in [0.15, 0.2) is 0 Å². The summed E-state index contributed by atoms with van der Waals surface area (Å²) in [7, 11) is 0. The first-order chi connectivity index (χ1) is 15.6. The number of nitrogens with one attached hydrogen (secondary N) is 1. The fraction of sp³-hybridized carbons (Fsp3) is 0.304. The third-order valence-corrected chi connectivity index (χ3v) is 7.84. The SMILES string of the molecule is O=C(CCc1nc2sc3c(c2c(=O)[nH]1)CCCC3)OCc1csc(-c2ccc(Cl)cc2)n1. The van der Waals surface area contributed by atoms with Crippen LogP contribution in [0, 0.1) is 0 Å². The average molecular weight is 486 g/mol. The number of thiophene rings is 1. The number of esters is 1. The Kier molecular flexibility index (Phi) is 6.08. The largest absolute Gasteiger partial charge is 0.459 e. The number of nitrogens with zero attached hydrogens (tertiary/aromatic N) is 2. The standard InChI is InChI=1S/C23H20ClN3O3S2/c24-14-7-5-13(6-8-14)22-25-15(12-31-22)11-30-19(28)10-9-18-26-21(29)20-16-3-1-2-4-17(16)32-23(20)27-18/h5-8,12H,1-4,9-11H2,(H,26,27,29). The molecule has 0 fully saturated rings. The minimum atomic E-state index is -0.348. The molecular weight excluding hydrogens is 466 g/mol. The number of carbonyl (C=O) groups is 1. The van der Waals surface area contributed by atoms with Gasteiger partial charge in [-0.15, -0.1) is 22.7 Å². The van der Waals surface area contributed by atoms with Gasteiger partial charge in [-0.25, -0.2) is 9.97 Å². The number of aromatic amines is 1. The number of benzene rings is 1. The summed E-state index contributed by atoms with van der Waals surface area (Å²) in [6.45, 7) is 0.115. The molecule has 0 saturated carbocycles. The average Bonchev–Trinajstić information content (AvgIpc) is 3.41. The predicted molar refractivity (Wildman–Crippen MR) is 128 cm³/mol. The van der Waals surface area contributed by atoms with Crippen LogP contribution in [0.1, 0.15) is 41.2 Å². The number of ether oxygens (including phenoxy) is 1. The summed E-state index contributed by atoms with van der Waals surface area (Å²) in [6.07, 6.45) is 4.73. The Morgan fingerprint density at radius 3 is 2.81 bits per heavy atom. The molecule has 32 heavy (non-hydrogen) atoms. The van der Waals surface area contributed by atoms with Gasteiger partial charge in [0.1, 0.15) is 22.3 Å². The van der Waals surface area contributed by atoms with Crippen molar-refractivity contribution in [2.24, 2.45) is 0 Å². The highest BCUT2D eigenvalue weighted by Gasteiger charge is 2.20. The molecule has 1 aliphatic rings. The molecule has 5 rings (SSSR count). The fourth-order valence-corrected chi connectivity index (χ4v) is 6.09. The zero-order valence-corrected chi connectivity index (χ0v) is 19.5. The molecule has 3 heterocycles. The number of hydrogen-bond donors (Lipinski definition) is 1. The van der Waals surface area contributed by atoms with Crippen molar-refractivity contribution < 1.29 is 9.53 Å². The molecule has 0 unspecified atom stereocenters. The molecule has 0 bridgehead atoms. The maximum Gasteiger partial charge on any atom is 0.306 e. The summed E-state index contributed by atoms with van der Waals surface area (Å²) in [6, 6.07) is 7.45. The van der Waals surface area contributed by atoms with Gasteiger partial charge in [0.25, 0.3) is 5.56 Å². The summed E-state index contributed by atoms with van der Waals surface area (Å²) in [5, 5.41) is 4.13. The van der Waals surface area contributed by atoms with E-state index < -0.39 is 0 Å². The van der Waals surface area contributed by atoms with Crippen molar-refractivity contribution in [2.75, 3.05) is 0 Å². The van der Waals surface area contributed by atoms with Crippen LogP contribution in [0.3, 0.4) is 0 Å². The van der Waals surface area contributed by atoms with E-state index in [-0.39, 0.29) is 24.6 Å². The Labute approximate surface area is 197 Å². The number of aromatic nitrogens is 3. The first-order valence-electron chi connectivity index (χ1n) is 10.5. The van der Waals surface area contributed by atoms with E-state index in [1.54, 1.807) is 11.3 Å². The summed E-state index contributed by atoms with van der Waals surface area (Å²) in [4.78, 5) is 38.9. The van der Waals surface area contributed by atoms with Crippen molar-refractivity contribution in [3.63, 3.8) is 0 Å². The van der Waals surface area contributed by atoms with Crippen LogP contribution in [-0.4, -0.2) is 20.9 Å². The molecule has 0 atom stereocenters. The van der Waals surface area contributed by atoms with Crippen LogP contribution in [0.2, 0.25) is 5.02 Å². The van der Waals surface area contributed by atoms with Crippen LogP contribution in [-0.2, 0) is 35.4 Å². The van der Waals surface area contributed by atoms with E-state index in [0.29, 0.717) is 23.0 Å². The van der Waals surface area contributed by atoms with E-state index in [2.05, 4.69) is 15.0 Å². The van der Waals surface area contributed by atoms with Crippen molar-refractivity contribution >= 4 is 50.5 Å². The summed E-state index contributed by atoms with van der Waals surface area (Å²) >= 11 is 9.03. The van der Waals surface area contributed by atoms with Gasteiger partial charge >= 0.3 is 5.97 Å². The molecule has 4 aromatic rings. The van der Waals surface area contributed by atoms with Gasteiger partial charge in [-0.1, -0.05) is 23.7 Å². The van der Waals surface area contributed by atoms with E-state index in [1.165, 1.54) is 16.2 Å². The number of H-pyrrole nitrogens is 1. The predicted octanol–water partition coefficient (Wildman–Crippen LogP) is 5.32. The Balaban J connectivity index is 1.19. The van der Waals surface area contributed by atoms with Gasteiger partial charge < -0.3 is 9.72 Å².